The summed E-state index contributed by atoms with van der Waals surface area (Å²) in [4.78, 5) is 38.5. The van der Waals surface area contributed by atoms with Gasteiger partial charge in [-0.1, -0.05) is 289 Å². The van der Waals surface area contributed by atoms with Crippen molar-refractivity contribution >= 4 is 17.9 Å². The van der Waals surface area contributed by atoms with Crippen LogP contribution in [0, 0.1) is 0 Å². The molecular weight excluding hydrogens is 1020 g/mol. The predicted octanol–water partition coefficient (Wildman–Crippen LogP) is 24.1. The molecule has 1 unspecified atom stereocenters. The quantitative estimate of drug-likeness (QED) is 0.0261. The van der Waals surface area contributed by atoms with Gasteiger partial charge >= 0.3 is 17.9 Å². The SMILES string of the molecule is CC/C=C\C/C=C\C/C=C\C/C=C\C/C=C\C/C=C\C/C=C\CCCCCCCCCC(=O)OCC(COC(=O)CCCCCCCCC/C=C\C/C=C\CCCCCC)OC(=O)CCCCCCCCC/C=C\C/C=C\CCCCCC. The van der Waals surface area contributed by atoms with Crippen LogP contribution in [0.2, 0.25) is 0 Å². The van der Waals surface area contributed by atoms with Crippen LogP contribution in [0.15, 0.2) is 134 Å². The molecule has 0 aromatic rings. The fourth-order valence-corrected chi connectivity index (χ4v) is 9.43. The maximum absolute atomic E-state index is 12.9. The zero-order valence-electron chi connectivity index (χ0n) is 54.2. The number of rotatable bonds is 62. The third-order valence-electron chi connectivity index (χ3n) is 14.6. The lowest BCUT2D eigenvalue weighted by molar-refractivity contribution is -0.167. The highest BCUT2D eigenvalue weighted by Gasteiger charge is 2.19. The number of carbonyl (C=O) groups excluding carboxylic acids is 3. The summed E-state index contributed by atoms with van der Waals surface area (Å²) in [6, 6.07) is 0. The van der Waals surface area contributed by atoms with E-state index in [1.807, 2.05) is 0 Å². The van der Waals surface area contributed by atoms with E-state index in [2.05, 4.69) is 154 Å². The summed E-state index contributed by atoms with van der Waals surface area (Å²) in [5.41, 5.74) is 0. The summed E-state index contributed by atoms with van der Waals surface area (Å²) < 4.78 is 17.0. The van der Waals surface area contributed by atoms with Gasteiger partial charge in [0.25, 0.3) is 0 Å². The van der Waals surface area contributed by atoms with E-state index in [1.165, 1.54) is 141 Å². The van der Waals surface area contributed by atoms with Gasteiger partial charge in [-0.25, -0.2) is 0 Å². The maximum Gasteiger partial charge on any atom is 0.306 e. The van der Waals surface area contributed by atoms with Crippen molar-refractivity contribution in [3.05, 3.63) is 134 Å². The smallest absolute Gasteiger partial charge is 0.306 e. The molecule has 83 heavy (non-hydrogen) atoms. The Morgan fingerprint density at radius 1 is 0.253 bits per heavy atom. The molecule has 0 fully saturated rings. The molecule has 0 saturated carbocycles. The van der Waals surface area contributed by atoms with E-state index >= 15 is 0 Å². The monoisotopic (exact) mass is 1150 g/mol. The molecule has 0 rings (SSSR count). The Balaban J connectivity index is 4.41. The van der Waals surface area contributed by atoms with Crippen molar-refractivity contribution in [3.63, 3.8) is 0 Å². The second-order valence-corrected chi connectivity index (χ2v) is 22.7. The first-order valence-corrected chi connectivity index (χ1v) is 34.7. The lowest BCUT2D eigenvalue weighted by Gasteiger charge is -2.18. The Labute approximate surface area is 513 Å². The molecule has 472 valence electrons. The van der Waals surface area contributed by atoms with Gasteiger partial charge in [-0.05, 0) is 141 Å². The lowest BCUT2D eigenvalue weighted by atomic mass is 10.1. The number of hydrogen-bond acceptors (Lipinski definition) is 6. The molecule has 0 radical (unpaired) electrons. The van der Waals surface area contributed by atoms with Gasteiger partial charge in [-0.15, -0.1) is 0 Å². The Morgan fingerprint density at radius 3 is 0.735 bits per heavy atom. The van der Waals surface area contributed by atoms with Crippen molar-refractivity contribution in [1.82, 2.24) is 0 Å². The fourth-order valence-electron chi connectivity index (χ4n) is 9.43. The van der Waals surface area contributed by atoms with Crippen LogP contribution in [0.5, 0.6) is 0 Å². The van der Waals surface area contributed by atoms with Crippen molar-refractivity contribution in [2.75, 3.05) is 13.2 Å². The predicted molar refractivity (Wildman–Crippen MR) is 362 cm³/mol. The molecular formula is C77H128O6. The van der Waals surface area contributed by atoms with E-state index in [4.69, 9.17) is 14.2 Å². The van der Waals surface area contributed by atoms with Gasteiger partial charge in [-0.2, -0.15) is 0 Å². The summed E-state index contributed by atoms with van der Waals surface area (Å²) in [6.07, 6.45) is 98.8. The topological polar surface area (TPSA) is 78.9 Å². The molecule has 0 aromatic heterocycles. The molecule has 0 N–H and O–H groups in total. The Bertz CT molecular complexity index is 1750. The van der Waals surface area contributed by atoms with Crippen LogP contribution >= 0.6 is 0 Å². The van der Waals surface area contributed by atoms with Crippen LogP contribution in [0.1, 0.15) is 316 Å². The van der Waals surface area contributed by atoms with Gasteiger partial charge in [0.2, 0.25) is 0 Å². The van der Waals surface area contributed by atoms with Gasteiger partial charge in [0.1, 0.15) is 13.2 Å². The number of allylic oxidation sites excluding steroid dienone is 22. The number of hydrogen-bond donors (Lipinski definition) is 0. The lowest BCUT2D eigenvalue weighted by Crippen LogP contribution is -2.30. The molecule has 0 aliphatic heterocycles. The van der Waals surface area contributed by atoms with Crippen LogP contribution in [0.4, 0.5) is 0 Å². The first-order chi connectivity index (χ1) is 41.0. The van der Waals surface area contributed by atoms with Gasteiger partial charge in [0, 0.05) is 19.3 Å². The zero-order chi connectivity index (χ0) is 59.9. The zero-order valence-corrected chi connectivity index (χ0v) is 54.2. The first-order valence-electron chi connectivity index (χ1n) is 34.7. The van der Waals surface area contributed by atoms with Crippen LogP contribution in [-0.2, 0) is 28.6 Å². The molecule has 0 amide bonds. The summed E-state index contributed by atoms with van der Waals surface area (Å²) in [6.45, 7) is 6.49. The van der Waals surface area contributed by atoms with E-state index < -0.39 is 6.10 Å². The molecule has 0 aromatic carbocycles. The van der Waals surface area contributed by atoms with Gasteiger partial charge in [0.15, 0.2) is 6.10 Å². The summed E-state index contributed by atoms with van der Waals surface area (Å²) in [7, 11) is 0. The molecule has 0 aliphatic carbocycles. The van der Waals surface area contributed by atoms with E-state index in [-0.39, 0.29) is 31.1 Å². The third kappa shape index (κ3) is 68.2. The Morgan fingerprint density at radius 2 is 0.470 bits per heavy atom. The summed E-state index contributed by atoms with van der Waals surface area (Å²) >= 11 is 0. The maximum atomic E-state index is 12.9. The van der Waals surface area contributed by atoms with Gasteiger partial charge in [0.05, 0.1) is 0 Å². The van der Waals surface area contributed by atoms with E-state index in [0.29, 0.717) is 19.3 Å². The van der Waals surface area contributed by atoms with Crippen LogP contribution in [0.25, 0.3) is 0 Å². The molecule has 0 bridgehead atoms. The first kappa shape index (κ1) is 78.5. The van der Waals surface area contributed by atoms with Gasteiger partial charge < -0.3 is 14.2 Å². The normalized spacial score (nSPS) is 13.0. The molecule has 6 nitrogen and oxygen atoms in total. The van der Waals surface area contributed by atoms with E-state index in [9.17, 15) is 14.4 Å². The number of esters is 3. The second kappa shape index (κ2) is 70.0. The number of carbonyl (C=O) groups is 3. The van der Waals surface area contributed by atoms with Crippen molar-refractivity contribution in [3.8, 4) is 0 Å². The molecule has 6 heteroatoms. The average molecular weight is 1150 g/mol. The summed E-state index contributed by atoms with van der Waals surface area (Å²) in [5, 5.41) is 0. The standard InChI is InChI=1S/C77H128O6/c1-4-7-10-13-16-19-22-25-28-31-34-35-36-37-38-39-40-41-42-43-44-47-49-52-55-58-61-64-67-70-76(79)82-73-74(83-77(80)71-68-65-62-59-56-53-50-46-33-30-27-24-21-18-15-12-9-6-3)72-81-75(78)69-66-63-60-57-54-51-48-45-32-29-26-23-20-17-14-11-8-5-2/h7,10,16,19-21,23-25,28-30,32-35,37-38,40-41,43-44,74H,4-6,8-9,11-15,17-18,22,26-27,31,36,39,42,45-73H2,1-3H3/b10-7-,19-16-,23-20-,24-21-,28-25-,32-29-,33-30-,35-34-,38-37-,41-40-,44-43-. The summed E-state index contributed by atoms with van der Waals surface area (Å²) in [5.74, 6) is -0.910. The minimum Gasteiger partial charge on any atom is -0.462 e. The Hall–Kier alpha value is -4.45. The number of unbranched alkanes of at least 4 members (excludes halogenated alkanes) is 29. The average Bonchev–Trinajstić information content (AvgIpc) is 3.49. The van der Waals surface area contributed by atoms with E-state index in [0.717, 1.165) is 135 Å². The highest BCUT2D eigenvalue weighted by molar-refractivity contribution is 5.71. The van der Waals surface area contributed by atoms with Crippen molar-refractivity contribution in [1.29, 1.82) is 0 Å². The molecule has 1 atom stereocenters. The van der Waals surface area contributed by atoms with Crippen molar-refractivity contribution in [2.24, 2.45) is 0 Å². The second-order valence-electron chi connectivity index (χ2n) is 22.7. The fraction of sp³-hybridized carbons (Fsp3) is 0.675. The van der Waals surface area contributed by atoms with Crippen molar-refractivity contribution in [2.45, 2.75) is 322 Å². The largest absolute Gasteiger partial charge is 0.462 e. The molecule has 0 aliphatic rings. The number of ether oxygens (including phenoxy) is 3. The van der Waals surface area contributed by atoms with Crippen LogP contribution < -0.4 is 0 Å². The third-order valence-corrected chi connectivity index (χ3v) is 14.6. The van der Waals surface area contributed by atoms with Crippen molar-refractivity contribution < 1.29 is 28.6 Å². The minimum absolute atomic E-state index is 0.0914. The minimum atomic E-state index is -0.797. The van der Waals surface area contributed by atoms with Gasteiger partial charge in [-0.3, -0.25) is 14.4 Å². The van der Waals surface area contributed by atoms with E-state index in [1.54, 1.807) is 0 Å². The molecule has 0 spiro atoms. The highest BCUT2D eigenvalue weighted by atomic mass is 16.6. The Kier molecular flexibility index (Phi) is 66.3. The molecule has 0 saturated heterocycles. The highest BCUT2D eigenvalue weighted by Crippen LogP contribution is 2.15. The van der Waals surface area contributed by atoms with Crippen LogP contribution in [-0.4, -0.2) is 37.2 Å². The van der Waals surface area contributed by atoms with Crippen LogP contribution in [0.3, 0.4) is 0 Å². The molecule has 0 heterocycles.